The average molecular weight is 356 g/mol. The van der Waals surface area contributed by atoms with E-state index in [4.69, 9.17) is 9.84 Å². The number of aliphatic carboxylic acids is 1. The Morgan fingerprint density at radius 2 is 1.95 bits per heavy atom. The minimum absolute atomic E-state index is 0.0990. The van der Waals surface area contributed by atoms with E-state index < -0.39 is 18.2 Å². The van der Waals surface area contributed by atoms with E-state index in [1.807, 2.05) is 31.2 Å². The maximum absolute atomic E-state index is 12.2. The number of rotatable bonds is 5. The van der Waals surface area contributed by atoms with Crippen LogP contribution in [0.3, 0.4) is 0 Å². The summed E-state index contributed by atoms with van der Waals surface area (Å²) in [4.78, 5) is 23.0. The third kappa shape index (κ3) is 4.04. The number of halogens is 1. The summed E-state index contributed by atoms with van der Waals surface area (Å²) in [5.74, 6) is -1.25. The zero-order chi connectivity index (χ0) is 15.4. The standard InChI is InChI=1S/C15H18BrNO4/c1-2-11(9-3-5-10(16)6-4-9)17-14(18)12-7-8-13(21-12)15(19)20/h3-6,11-13H,2,7-8H2,1H3,(H,17,18)(H,19,20)/t11?,12-,13+/m0/s1. The molecule has 0 bridgehead atoms. The molecule has 1 unspecified atom stereocenters. The Kier molecular flexibility index (Phi) is 5.36. The molecule has 0 aromatic heterocycles. The van der Waals surface area contributed by atoms with Crippen molar-refractivity contribution in [2.45, 2.75) is 44.4 Å². The van der Waals surface area contributed by atoms with E-state index in [-0.39, 0.29) is 11.9 Å². The number of carbonyl (C=O) groups is 2. The third-order valence-corrected chi connectivity index (χ3v) is 4.11. The maximum atomic E-state index is 12.2. The molecule has 2 rings (SSSR count). The first-order valence-corrected chi connectivity index (χ1v) is 7.74. The van der Waals surface area contributed by atoms with Gasteiger partial charge in [0.25, 0.3) is 0 Å². The lowest BCUT2D eigenvalue weighted by atomic mass is 10.0. The Bertz CT molecular complexity index is 517. The molecule has 1 aliphatic rings. The van der Waals surface area contributed by atoms with Gasteiger partial charge >= 0.3 is 5.97 Å². The van der Waals surface area contributed by atoms with E-state index >= 15 is 0 Å². The molecule has 2 N–H and O–H groups in total. The number of benzene rings is 1. The number of hydrogen-bond acceptors (Lipinski definition) is 3. The van der Waals surface area contributed by atoms with Gasteiger partial charge in [0.05, 0.1) is 6.04 Å². The van der Waals surface area contributed by atoms with E-state index in [1.165, 1.54) is 0 Å². The minimum atomic E-state index is -1.01. The Morgan fingerprint density at radius 3 is 2.48 bits per heavy atom. The molecule has 1 aliphatic heterocycles. The van der Waals surface area contributed by atoms with Crippen molar-refractivity contribution in [3.05, 3.63) is 34.3 Å². The van der Waals surface area contributed by atoms with Crippen molar-refractivity contribution in [2.24, 2.45) is 0 Å². The van der Waals surface area contributed by atoms with Crippen LogP contribution in [0.4, 0.5) is 0 Å². The van der Waals surface area contributed by atoms with E-state index in [0.717, 1.165) is 16.5 Å². The van der Waals surface area contributed by atoms with Crippen LogP contribution in [0.2, 0.25) is 0 Å². The quantitative estimate of drug-likeness (QED) is 0.851. The first-order chi connectivity index (χ1) is 10.0. The fraction of sp³-hybridized carbons (Fsp3) is 0.467. The molecule has 0 spiro atoms. The lowest BCUT2D eigenvalue weighted by Crippen LogP contribution is -2.37. The Labute approximate surface area is 131 Å². The largest absolute Gasteiger partial charge is 0.479 e. The molecule has 1 fully saturated rings. The van der Waals surface area contributed by atoms with Crippen molar-refractivity contribution in [1.29, 1.82) is 0 Å². The van der Waals surface area contributed by atoms with Crippen LogP contribution >= 0.6 is 15.9 Å². The van der Waals surface area contributed by atoms with Crippen LogP contribution in [-0.2, 0) is 14.3 Å². The summed E-state index contributed by atoms with van der Waals surface area (Å²) in [6, 6.07) is 7.66. The molecule has 21 heavy (non-hydrogen) atoms. The van der Waals surface area contributed by atoms with Crippen LogP contribution in [0.25, 0.3) is 0 Å². The Balaban J connectivity index is 1.97. The SMILES string of the molecule is CCC(NC(=O)[C@@H]1CC[C@H](C(=O)O)O1)c1ccc(Br)cc1. The molecule has 1 aromatic rings. The molecule has 1 aromatic carbocycles. The summed E-state index contributed by atoms with van der Waals surface area (Å²) in [5.41, 5.74) is 1.02. The van der Waals surface area contributed by atoms with E-state index in [1.54, 1.807) is 0 Å². The van der Waals surface area contributed by atoms with Crippen molar-refractivity contribution in [3.63, 3.8) is 0 Å². The lowest BCUT2D eigenvalue weighted by molar-refractivity contribution is -0.151. The molecule has 1 amide bonds. The number of carboxylic acids is 1. The molecule has 0 saturated carbocycles. The zero-order valence-electron chi connectivity index (χ0n) is 11.7. The van der Waals surface area contributed by atoms with Crippen LogP contribution in [0.1, 0.15) is 37.8 Å². The number of hydrogen-bond donors (Lipinski definition) is 2. The van der Waals surface area contributed by atoms with E-state index in [9.17, 15) is 9.59 Å². The van der Waals surface area contributed by atoms with Gasteiger partial charge in [0.15, 0.2) is 6.10 Å². The van der Waals surface area contributed by atoms with Gasteiger partial charge in [-0.2, -0.15) is 0 Å². The van der Waals surface area contributed by atoms with Crippen molar-refractivity contribution in [1.82, 2.24) is 5.32 Å². The van der Waals surface area contributed by atoms with Crippen molar-refractivity contribution < 1.29 is 19.4 Å². The number of nitrogens with one attached hydrogen (secondary N) is 1. The molecule has 1 heterocycles. The highest BCUT2D eigenvalue weighted by Crippen LogP contribution is 2.23. The summed E-state index contributed by atoms with van der Waals surface area (Å²) in [7, 11) is 0. The van der Waals surface area contributed by atoms with Gasteiger partial charge in [0, 0.05) is 4.47 Å². The van der Waals surface area contributed by atoms with E-state index in [0.29, 0.717) is 12.8 Å². The molecular weight excluding hydrogens is 338 g/mol. The third-order valence-electron chi connectivity index (χ3n) is 3.58. The number of carbonyl (C=O) groups excluding carboxylic acids is 1. The van der Waals surface area contributed by atoms with Gasteiger partial charge in [-0.05, 0) is 37.0 Å². The van der Waals surface area contributed by atoms with Gasteiger partial charge in [-0.3, -0.25) is 4.79 Å². The van der Waals surface area contributed by atoms with Gasteiger partial charge in [-0.1, -0.05) is 35.0 Å². The Hall–Kier alpha value is -1.40. The van der Waals surface area contributed by atoms with Gasteiger partial charge in [0.2, 0.25) is 5.91 Å². The molecular formula is C15H18BrNO4. The smallest absolute Gasteiger partial charge is 0.332 e. The monoisotopic (exact) mass is 355 g/mol. The van der Waals surface area contributed by atoms with Crippen LogP contribution in [-0.4, -0.2) is 29.2 Å². The number of amides is 1. The highest BCUT2D eigenvalue weighted by atomic mass is 79.9. The minimum Gasteiger partial charge on any atom is -0.479 e. The van der Waals surface area contributed by atoms with Gasteiger partial charge < -0.3 is 15.2 Å². The second-order valence-electron chi connectivity index (χ2n) is 5.05. The van der Waals surface area contributed by atoms with Crippen LogP contribution in [0.5, 0.6) is 0 Å². The van der Waals surface area contributed by atoms with Crippen molar-refractivity contribution in [3.8, 4) is 0 Å². The molecule has 3 atom stereocenters. The highest BCUT2D eigenvalue weighted by Gasteiger charge is 2.35. The molecule has 5 nitrogen and oxygen atoms in total. The van der Waals surface area contributed by atoms with E-state index in [2.05, 4.69) is 21.2 Å². The predicted molar refractivity (Wildman–Crippen MR) is 80.8 cm³/mol. The van der Waals surface area contributed by atoms with Crippen LogP contribution in [0, 0.1) is 0 Å². The average Bonchev–Trinajstić information content (AvgIpc) is 2.96. The van der Waals surface area contributed by atoms with Gasteiger partial charge in [0.1, 0.15) is 6.10 Å². The number of carboxylic acid groups (broad SMARTS) is 1. The second kappa shape index (κ2) is 7.04. The van der Waals surface area contributed by atoms with Crippen LogP contribution < -0.4 is 5.32 Å². The topological polar surface area (TPSA) is 75.6 Å². The lowest BCUT2D eigenvalue weighted by Gasteiger charge is -2.20. The summed E-state index contributed by atoms with van der Waals surface area (Å²) >= 11 is 3.38. The summed E-state index contributed by atoms with van der Waals surface area (Å²) < 4.78 is 6.25. The fourth-order valence-corrected chi connectivity index (χ4v) is 2.66. The first-order valence-electron chi connectivity index (χ1n) is 6.95. The molecule has 114 valence electrons. The Morgan fingerprint density at radius 1 is 1.33 bits per heavy atom. The fourth-order valence-electron chi connectivity index (χ4n) is 2.39. The summed E-state index contributed by atoms with van der Waals surface area (Å²) in [6.07, 6.45) is 0.0361. The molecule has 1 saturated heterocycles. The summed E-state index contributed by atoms with van der Waals surface area (Å²) in [6.45, 7) is 1.99. The normalized spacial score (nSPS) is 22.8. The number of ether oxygens (including phenoxy) is 1. The zero-order valence-corrected chi connectivity index (χ0v) is 13.3. The second-order valence-corrected chi connectivity index (χ2v) is 5.97. The van der Waals surface area contributed by atoms with Crippen LogP contribution in [0.15, 0.2) is 28.7 Å². The maximum Gasteiger partial charge on any atom is 0.332 e. The highest BCUT2D eigenvalue weighted by molar-refractivity contribution is 9.10. The van der Waals surface area contributed by atoms with Crippen molar-refractivity contribution in [2.75, 3.05) is 0 Å². The van der Waals surface area contributed by atoms with Crippen molar-refractivity contribution >= 4 is 27.8 Å². The molecule has 0 radical (unpaired) electrons. The molecule has 6 heteroatoms. The van der Waals surface area contributed by atoms with Gasteiger partial charge in [-0.15, -0.1) is 0 Å². The summed E-state index contributed by atoms with van der Waals surface area (Å²) in [5, 5.41) is 11.8. The van der Waals surface area contributed by atoms with Gasteiger partial charge in [-0.25, -0.2) is 4.79 Å². The molecule has 0 aliphatic carbocycles. The predicted octanol–water partition coefficient (Wildman–Crippen LogP) is 2.65. The first kappa shape index (κ1) is 16.0.